The van der Waals surface area contributed by atoms with Crippen LogP contribution in [0.4, 0.5) is 0 Å². The van der Waals surface area contributed by atoms with Gasteiger partial charge in [0, 0.05) is 6.54 Å². The lowest BCUT2D eigenvalue weighted by molar-refractivity contribution is 0.0949. The molecule has 0 heterocycles. The highest BCUT2D eigenvalue weighted by Gasteiger charge is 2.12. The van der Waals surface area contributed by atoms with Gasteiger partial charge in [0.15, 0.2) is 0 Å². The zero-order chi connectivity index (χ0) is 14.8. The Kier molecular flexibility index (Phi) is 7.50. The Morgan fingerprint density at radius 2 is 1.90 bits per heavy atom. The number of carbonyl (C=O) groups is 1. The Morgan fingerprint density at radius 1 is 1.15 bits per heavy atom. The van der Waals surface area contributed by atoms with E-state index in [4.69, 9.17) is 15.2 Å². The molecule has 0 fully saturated rings. The molecule has 5 nitrogen and oxygen atoms in total. The summed E-state index contributed by atoms with van der Waals surface area (Å²) in [6, 6.07) is 5.18. The summed E-state index contributed by atoms with van der Waals surface area (Å²) >= 11 is 0. The standard InChI is InChI=1S/C15H24N2O3/c1-19-12-7-8-14(20-2)13(11-12)15(18)17-10-6-4-3-5-9-16/h7-8,11H,3-6,9-10,16H2,1-2H3,(H,17,18). The molecule has 0 bridgehead atoms. The van der Waals surface area contributed by atoms with Crippen molar-refractivity contribution in [3.63, 3.8) is 0 Å². The average molecular weight is 280 g/mol. The third-order valence-corrected chi connectivity index (χ3v) is 3.07. The quantitative estimate of drug-likeness (QED) is 0.678. The van der Waals surface area contributed by atoms with Crippen LogP contribution in [0.25, 0.3) is 0 Å². The zero-order valence-corrected chi connectivity index (χ0v) is 12.3. The van der Waals surface area contributed by atoms with Gasteiger partial charge in [0.1, 0.15) is 11.5 Å². The lowest BCUT2D eigenvalue weighted by Crippen LogP contribution is -2.25. The number of carbonyl (C=O) groups excluding carboxylic acids is 1. The molecule has 1 rings (SSSR count). The summed E-state index contributed by atoms with van der Waals surface area (Å²) < 4.78 is 10.3. The molecule has 0 unspecified atom stereocenters. The molecule has 0 aromatic heterocycles. The average Bonchev–Trinajstić information content (AvgIpc) is 2.49. The van der Waals surface area contributed by atoms with Gasteiger partial charge < -0.3 is 20.5 Å². The van der Waals surface area contributed by atoms with E-state index in [1.165, 1.54) is 0 Å². The number of nitrogens with two attached hydrogens (primary N) is 1. The zero-order valence-electron chi connectivity index (χ0n) is 12.3. The van der Waals surface area contributed by atoms with Gasteiger partial charge >= 0.3 is 0 Å². The highest BCUT2D eigenvalue weighted by molar-refractivity contribution is 5.97. The van der Waals surface area contributed by atoms with Crippen molar-refractivity contribution >= 4 is 5.91 Å². The van der Waals surface area contributed by atoms with Crippen molar-refractivity contribution in [1.29, 1.82) is 0 Å². The number of ether oxygens (including phenoxy) is 2. The van der Waals surface area contributed by atoms with Crippen molar-refractivity contribution in [1.82, 2.24) is 5.32 Å². The lowest BCUT2D eigenvalue weighted by Gasteiger charge is -2.10. The molecule has 0 saturated carbocycles. The van der Waals surface area contributed by atoms with E-state index in [9.17, 15) is 4.79 Å². The molecular weight excluding hydrogens is 256 g/mol. The fourth-order valence-corrected chi connectivity index (χ4v) is 1.91. The number of hydrogen-bond donors (Lipinski definition) is 2. The molecule has 1 aromatic carbocycles. The first kappa shape index (κ1) is 16.3. The minimum absolute atomic E-state index is 0.139. The highest BCUT2D eigenvalue weighted by atomic mass is 16.5. The Morgan fingerprint density at radius 3 is 2.55 bits per heavy atom. The Bertz CT molecular complexity index is 422. The van der Waals surface area contributed by atoms with Gasteiger partial charge in [0.25, 0.3) is 5.91 Å². The topological polar surface area (TPSA) is 73.6 Å². The molecule has 0 saturated heterocycles. The third kappa shape index (κ3) is 5.09. The SMILES string of the molecule is COc1ccc(OC)c(C(=O)NCCCCCCN)c1. The Balaban J connectivity index is 2.49. The predicted molar refractivity (Wildman–Crippen MR) is 79.4 cm³/mol. The van der Waals surface area contributed by atoms with E-state index in [2.05, 4.69) is 5.32 Å². The number of unbranched alkanes of at least 4 members (excludes halogenated alkanes) is 3. The minimum atomic E-state index is -0.139. The van der Waals surface area contributed by atoms with Crippen LogP contribution < -0.4 is 20.5 Å². The second-order valence-electron chi connectivity index (χ2n) is 4.53. The van der Waals surface area contributed by atoms with Gasteiger partial charge in [-0.3, -0.25) is 4.79 Å². The largest absolute Gasteiger partial charge is 0.497 e. The third-order valence-electron chi connectivity index (χ3n) is 3.07. The van der Waals surface area contributed by atoms with Crippen molar-refractivity contribution in [2.24, 2.45) is 5.73 Å². The van der Waals surface area contributed by atoms with Gasteiger partial charge in [-0.15, -0.1) is 0 Å². The van der Waals surface area contributed by atoms with Crippen LogP contribution in [0.3, 0.4) is 0 Å². The van der Waals surface area contributed by atoms with Crippen molar-refractivity contribution in [3.8, 4) is 11.5 Å². The summed E-state index contributed by atoms with van der Waals surface area (Å²) in [7, 11) is 3.12. The fraction of sp³-hybridized carbons (Fsp3) is 0.533. The molecule has 0 spiro atoms. The van der Waals surface area contributed by atoms with Crippen molar-refractivity contribution in [2.75, 3.05) is 27.3 Å². The van der Waals surface area contributed by atoms with Gasteiger partial charge in [0.05, 0.1) is 19.8 Å². The summed E-state index contributed by atoms with van der Waals surface area (Å²) in [6.45, 7) is 1.39. The van der Waals surface area contributed by atoms with E-state index in [-0.39, 0.29) is 5.91 Å². The molecular formula is C15H24N2O3. The monoisotopic (exact) mass is 280 g/mol. The van der Waals surface area contributed by atoms with Gasteiger partial charge in [0.2, 0.25) is 0 Å². The smallest absolute Gasteiger partial charge is 0.255 e. The molecule has 3 N–H and O–H groups in total. The van der Waals surface area contributed by atoms with Gasteiger partial charge in [-0.2, -0.15) is 0 Å². The first-order valence-electron chi connectivity index (χ1n) is 6.93. The maximum Gasteiger partial charge on any atom is 0.255 e. The van der Waals surface area contributed by atoms with Crippen LogP contribution >= 0.6 is 0 Å². The minimum Gasteiger partial charge on any atom is -0.497 e. The van der Waals surface area contributed by atoms with Gasteiger partial charge in [-0.25, -0.2) is 0 Å². The normalized spacial score (nSPS) is 10.2. The van der Waals surface area contributed by atoms with E-state index >= 15 is 0 Å². The van der Waals surface area contributed by atoms with Crippen LogP contribution in [0.5, 0.6) is 11.5 Å². The summed E-state index contributed by atoms with van der Waals surface area (Å²) in [5.74, 6) is 1.05. The number of amides is 1. The summed E-state index contributed by atoms with van der Waals surface area (Å²) in [5, 5.41) is 2.90. The van der Waals surface area contributed by atoms with E-state index in [0.29, 0.717) is 23.6 Å². The van der Waals surface area contributed by atoms with Crippen molar-refractivity contribution in [2.45, 2.75) is 25.7 Å². The molecule has 112 valence electrons. The van der Waals surface area contributed by atoms with Crippen LogP contribution in [0.2, 0.25) is 0 Å². The predicted octanol–water partition coefficient (Wildman–Crippen LogP) is 1.95. The molecule has 0 atom stereocenters. The highest BCUT2D eigenvalue weighted by Crippen LogP contribution is 2.23. The molecule has 0 aliphatic carbocycles. The maximum atomic E-state index is 12.1. The molecule has 1 aromatic rings. The summed E-state index contributed by atoms with van der Waals surface area (Å²) in [4.78, 5) is 12.1. The number of benzene rings is 1. The molecule has 0 radical (unpaired) electrons. The van der Waals surface area contributed by atoms with Crippen LogP contribution in [-0.2, 0) is 0 Å². The molecule has 20 heavy (non-hydrogen) atoms. The van der Waals surface area contributed by atoms with Crippen LogP contribution in [-0.4, -0.2) is 33.2 Å². The number of hydrogen-bond acceptors (Lipinski definition) is 4. The fourth-order valence-electron chi connectivity index (χ4n) is 1.91. The van der Waals surface area contributed by atoms with Crippen LogP contribution in [0.1, 0.15) is 36.0 Å². The van der Waals surface area contributed by atoms with E-state index in [1.54, 1.807) is 32.4 Å². The maximum absolute atomic E-state index is 12.1. The second kappa shape index (κ2) is 9.20. The Labute approximate surface area is 120 Å². The molecule has 1 amide bonds. The first-order valence-corrected chi connectivity index (χ1v) is 6.93. The Hall–Kier alpha value is -1.75. The van der Waals surface area contributed by atoms with Crippen molar-refractivity contribution in [3.05, 3.63) is 23.8 Å². The number of nitrogens with one attached hydrogen (secondary N) is 1. The summed E-state index contributed by atoms with van der Waals surface area (Å²) in [6.07, 6.45) is 4.18. The van der Waals surface area contributed by atoms with Gasteiger partial charge in [-0.05, 0) is 37.6 Å². The number of rotatable bonds is 9. The van der Waals surface area contributed by atoms with Crippen LogP contribution in [0, 0.1) is 0 Å². The second-order valence-corrected chi connectivity index (χ2v) is 4.53. The molecule has 0 aliphatic rings. The molecule has 0 aliphatic heterocycles. The lowest BCUT2D eigenvalue weighted by atomic mass is 10.1. The molecule has 5 heteroatoms. The van der Waals surface area contributed by atoms with Gasteiger partial charge in [-0.1, -0.05) is 12.8 Å². The van der Waals surface area contributed by atoms with Crippen molar-refractivity contribution < 1.29 is 14.3 Å². The first-order chi connectivity index (χ1) is 9.72. The van der Waals surface area contributed by atoms with E-state index in [1.807, 2.05) is 0 Å². The number of methoxy groups -OCH3 is 2. The van der Waals surface area contributed by atoms with E-state index in [0.717, 1.165) is 32.2 Å². The van der Waals surface area contributed by atoms with E-state index < -0.39 is 0 Å². The van der Waals surface area contributed by atoms with Crippen LogP contribution in [0.15, 0.2) is 18.2 Å². The summed E-state index contributed by atoms with van der Waals surface area (Å²) in [5.41, 5.74) is 5.93.